The van der Waals surface area contributed by atoms with Crippen LogP contribution < -0.4 is 0 Å². The van der Waals surface area contributed by atoms with Gasteiger partial charge in [-0.3, -0.25) is 10.0 Å². The van der Waals surface area contributed by atoms with Crippen molar-refractivity contribution in [1.29, 1.82) is 0 Å². The van der Waals surface area contributed by atoms with Crippen molar-refractivity contribution in [2.75, 3.05) is 7.11 Å². The molecule has 2 atom stereocenters. The normalized spacial score (nSPS) is 22.2. The van der Waals surface area contributed by atoms with E-state index in [1.165, 1.54) is 0 Å². The van der Waals surface area contributed by atoms with E-state index in [1.54, 1.807) is 7.11 Å². The summed E-state index contributed by atoms with van der Waals surface area (Å²) in [5.41, 5.74) is 0.904. The third-order valence-electron chi connectivity index (χ3n) is 3.37. The van der Waals surface area contributed by atoms with E-state index >= 15 is 0 Å². The molecule has 19 heavy (non-hydrogen) atoms. The van der Waals surface area contributed by atoms with Crippen LogP contribution in [0.5, 0.6) is 0 Å². The fourth-order valence-corrected chi connectivity index (χ4v) is 2.22. The van der Waals surface area contributed by atoms with Crippen molar-refractivity contribution in [3.05, 3.63) is 48.0 Å². The Morgan fingerprint density at radius 2 is 2.05 bits per heavy atom. The van der Waals surface area contributed by atoms with Crippen molar-refractivity contribution in [3.8, 4) is 0 Å². The molecule has 1 amide bonds. The molecule has 1 aromatic carbocycles. The van der Waals surface area contributed by atoms with Crippen LogP contribution in [0, 0.1) is 0 Å². The van der Waals surface area contributed by atoms with Crippen LogP contribution in [0.4, 0.5) is 0 Å². The second kappa shape index (κ2) is 6.50. The molecule has 0 spiro atoms. The van der Waals surface area contributed by atoms with E-state index in [0.29, 0.717) is 6.42 Å². The molecular formula is C15H19NO3. The van der Waals surface area contributed by atoms with Gasteiger partial charge < -0.3 is 4.74 Å². The minimum Gasteiger partial charge on any atom is -0.377 e. The third kappa shape index (κ3) is 3.66. The zero-order valence-corrected chi connectivity index (χ0v) is 11.0. The molecule has 0 heterocycles. The van der Waals surface area contributed by atoms with Gasteiger partial charge in [0.05, 0.1) is 18.6 Å². The predicted octanol–water partition coefficient (Wildman–Crippen LogP) is 2.18. The van der Waals surface area contributed by atoms with Crippen LogP contribution in [0.15, 0.2) is 42.5 Å². The van der Waals surface area contributed by atoms with Crippen molar-refractivity contribution in [3.63, 3.8) is 0 Å². The van der Waals surface area contributed by atoms with Crippen LogP contribution >= 0.6 is 0 Å². The Morgan fingerprint density at radius 1 is 1.32 bits per heavy atom. The minimum absolute atomic E-state index is 0.0916. The molecule has 4 heteroatoms. The van der Waals surface area contributed by atoms with E-state index in [4.69, 9.17) is 4.74 Å². The molecule has 0 aromatic heterocycles. The van der Waals surface area contributed by atoms with Gasteiger partial charge in [0, 0.05) is 7.11 Å². The highest BCUT2D eigenvalue weighted by molar-refractivity contribution is 5.78. The van der Waals surface area contributed by atoms with Gasteiger partial charge in [0.25, 0.3) is 5.91 Å². The Bertz CT molecular complexity index is 444. The van der Waals surface area contributed by atoms with Gasteiger partial charge in [-0.25, -0.2) is 5.06 Å². The fraction of sp³-hybridized carbons (Fsp3) is 0.400. The lowest BCUT2D eigenvalue weighted by Crippen LogP contribution is -2.39. The number of carbonyl (C=O) groups excluding carboxylic acids is 1. The Kier molecular flexibility index (Phi) is 4.71. The molecule has 0 saturated heterocycles. The van der Waals surface area contributed by atoms with Crippen LogP contribution in [-0.2, 0) is 16.0 Å². The topological polar surface area (TPSA) is 49.8 Å². The molecule has 1 aliphatic rings. The number of carbonyl (C=O) groups is 1. The summed E-state index contributed by atoms with van der Waals surface area (Å²) in [7, 11) is 1.66. The summed E-state index contributed by atoms with van der Waals surface area (Å²) in [6, 6.07) is 9.18. The zero-order chi connectivity index (χ0) is 13.7. The maximum atomic E-state index is 12.0. The highest BCUT2D eigenvalue weighted by Crippen LogP contribution is 2.18. The monoisotopic (exact) mass is 261 g/mol. The number of hydrogen-bond donors (Lipinski definition) is 1. The Hall–Kier alpha value is -1.65. The van der Waals surface area contributed by atoms with Gasteiger partial charge in [-0.05, 0) is 18.4 Å². The molecule has 0 aliphatic heterocycles. The summed E-state index contributed by atoms with van der Waals surface area (Å²) in [4.78, 5) is 12.0. The molecule has 1 N–H and O–H groups in total. The van der Waals surface area contributed by atoms with Crippen LogP contribution in [0.25, 0.3) is 0 Å². The molecule has 0 saturated carbocycles. The van der Waals surface area contributed by atoms with Crippen molar-refractivity contribution >= 4 is 5.91 Å². The van der Waals surface area contributed by atoms with Crippen LogP contribution in [-0.4, -0.2) is 35.4 Å². The van der Waals surface area contributed by atoms with E-state index in [1.807, 2.05) is 42.5 Å². The van der Waals surface area contributed by atoms with Gasteiger partial charge in [0.15, 0.2) is 0 Å². The molecule has 0 bridgehead atoms. The summed E-state index contributed by atoms with van der Waals surface area (Å²) in [5, 5.41) is 10.8. The molecular weight excluding hydrogens is 242 g/mol. The Labute approximate surface area is 113 Å². The summed E-state index contributed by atoms with van der Waals surface area (Å²) in [6.07, 6.45) is 5.57. The number of amides is 1. The first-order valence-electron chi connectivity index (χ1n) is 6.46. The number of ether oxygens (including phenoxy) is 1. The van der Waals surface area contributed by atoms with Crippen molar-refractivity contribution < 1.29 is 14.7 Å². The lowest BCUT2D eigenvalue weighted by Gasteiger charge is -2.28. The minimum atomic E-state index is -0.281. The largest absolute Gasteiger partial charge is 0.377 e. The molecule has 4 nitrogen and oxygen atoms in total. The molecule has 1 aromatic rings. The third-order valence-corrected chi connectivity index (χ3v) is 3.37. The molecule has 0 unspecified atom stereocenters. The Morgan fingerprint density at radius 3 is 2.63 bits per heavy atom. The second-order valence-corrected chi connectivity index (χ2v) is 4.70. The maximum Gasteiger partial charge on any atom is 0.250 e. The summed E-state index contributed by atoms with van der Waals surface area (Å²) < 4.78 is 5.20. The quantitative estimate of drug-likeness (QED) is 0.513. The van der Waals surface area contributed by atoms with Gasteiger partial charge in [-0.2, -0.15) is 0 Å². The highest BCUT2D eigenvalue weighted by atomic mass is 16.5. The lowest BCUT2D eigenvalue weighted by atomic mass is 10.00. The average molecular weight is 261 g/mol. The highest BCUT2D eigenvalue weighted by Gasteiger charge is 2.24. The second-order valence-electron chi connectivity index (χ2n) is 4.70. The first kappa shape index (κ1) is 13.8. The van der Waals surface area contributed by atoms with E-state index in [9.17, 15) is 10.0 Å². The van der Waals surface area contributed by atoms with E-state index < -0.39 is 0 Å². The number of rotatable bonds is 4. The van der Waals surface area contributed by atoms with Crippen LogP contribution in [0.1, 0.15) is 18.4 Å². The predicted molar refractivity (Wildman–Crippen MR) is 71.7 cm³/mol. The van der Waals surface area contributed by atoms with E-state index in [2.05, 4.69) is 0 Å². The smallest absolute Gasteiger partial charge is 0.250 e. The molecule has 0 radical (unpaired) electrons. The molecule has 2 rings (SSSR count). The number of nitrogens with zero attached hydrogens (tertiary/aromatic N) is 1. The number of benzene rings is 1. The van der Waals surface area contributed by atoms with Crippen molar-refractivity contribution in [2.24, 2.45) is 0 Å². The van der Waals surface area contributed by atoms with E-state index in [-0.39, 0.29) is 24.5 Å². The molecule has 1 aliphatic carbocycles. The van der Waals surface area contributed by atoms with Crippen molar-refractivity contribution in [1.82, 2.24) is 5.06 Å². The van der Waals surface area contributed by atoms with Gasteiger partial charge >= 0.3 is 0 Å². The summed E-state index contributed by atoms with van der Waals surface area (Å²) in [5.74, 6) is -0.281. The zero-order valence-electron chi connectivity index (χ0n) is 11.0. The molecule has 0 fully saturated rings. The number of hydroxylamine groups is 2. The fourth-order valence-electron chi connectivity index (χ4n) is 2.22. The van der Waals surface area contributed by atoms with Gasteiger partial charge in [-0.1, -0.05) is 42.5 Å². The standard InChI is InChI=1S/C15H19NO3/c1-19-14-9-7-13(8-10-14)16(18)15(17)11-12-5-3-2-4-6-12/h2-7,9,13-14,18H,8,10-11H2,1H3/t13-,14+/m1/s1. The Balaban J connectivity index is 1.93. The molecule has 102 valence electrons. The van der Waals surface area contributed by atoms with Crippen LogP contribution in [0.3, 0.4) is 0 Å². The van der Waals surface area contributed by atoms with Crippen LogP contribution in [0.2, 0.25) is 0 Å². The van der Waals surface area contributed by atoms with Gasteiger partial charge in [0.2, 0.25) is 0 Å². The first-order valence-corrected chi connectivity index (χ1v) is 6.46. The lowest BCUT2D eigenvalue weighted by molar-refractivity contribution is -0.172. The summed E-state index contributed by atoms with van der Waals surface area (Å²) in [6.45, 7) is 0. The van der Waals surface area contributed by atoms with Crippen molar-refractivity contribution in [2.45, 2.75) is 31.4 Å². The van der Waals surface area contributed by atoms with E-state index in [0.717, 1.165) is 17.0 Å². The average Bonchev–Trinajstić information content (AvgIpc) is 2.47. The van der Waals surface area contributed by atoms with Gasteiger partial charge in [0.1, 0.15) is 0 Å². The first-order chi connectivity index (χ1) is 9.20. The summed E-state index contributed by atoms with van der Waals surface area (Å²) >= 11 is 0. The SMILES string of the molecule is CO[C@H]1C=C[C@@H](N(O)C(=O)Cc2ccccc2)CC1. The number of methoxy groups -OCH3 is 1. The van der Waals surface area contributed by atoms with Gasteiger partial charge in [-0.15, -0.1) is 0 Å². The maximum absolute atomic E-state index is 12.0. The number of hydrogen-bond acceptors (Lipinski definition) is 3.